The largest absolute Gasteiger partial charge is 0.477 e. The third-order valence-corrected chi connectivity index (χ3v) is 6.36. The van der Waals surface area contributed by atoms with Gasteiger partial charge in [-0.05, 0) is 25.0 Å². The first-order valence-electron chi connectivity index (χ1n) is 5.73. The van der Waals surface area contributed by atoms with Crippen LogP contribution in [0.3, 0.4) is 0 Å². The average molecular weight is 289 g/mol. The highest BCUT2D eigenvalue weighted by Crippen LogP contribution is 2.20. The molecule has 7 heteroatoms. The van der Waals surface area contributed by atoms with Crippen LogP contribution in [0.15, 0.2) is 12.1 Å². The van der Waals surface area contributed by atoms with Crippen molar-refractivity contribution in [1.29, 1.82) is 0 Å². The molecule has 5 nitrogen and oxygen atoms in total. The number of aromatic carboxylic acids is 1. The lowest BCUT2D eigenvalue weighted by molar-refractivity contribution is 0.0702. The van der Waals surface area contributed by atoms with Crippen molar-refractivity contribution in [2.75, 3.05) is 12.3 Å². The molecule has 0 aliphatic carbocycles. The molecule has 100 valence electrons. The fourth-order valence-electron chi connectivity index (χ4n) is 2.03. The molecule has 0 radical (unpaired) electrons. The van der Waals surface area contributed by atoms with Gasteiger partial charge in [-0.2, -0.15) is 0 Å². The number of carboxylic acid groups (broad SMARTS) is 1. The van der Waals surface area contributed by atoms with E-state index in [0.29, 0.717) is 23.7 Å². The second-order valence-electron chi connectivity index (χ2n) is 4.33. The fourth-order valence-corrected chi connectivity index (χ4v) is 4.65. The Morgan fingerprint density at radius 1 is 1.50 bits per heavy atom. The summed E-state index contributed by atoms with van der Waals surface area (Å²) in [7, 11) is -2.90. The van der Waals surface area contributed by atoms with Crippen LogP contribution in [0.25, 0.3) is 0 Å². The van der Waals surface area contributed by atoms with E-state index in [9.17, 15) is 13.2 Å². The Balaban J connectivity index is 1.83. The highest BCUT2D eigenvalue weighted by atomic mass is 32.2. The molecular weight excluding hydrogens is 274 g/mol. The second-order valence-corrected chi connectivity index (χ2v) is 7.90. The van der Waals surface area contributed by atoms with Gasteiger partial charge in [-0.15, -0.1) is 11.3 Å². The van der Waals surface area contributed by atoms with Crippen LogP contribution in [0.5, 0.6) is 0 Å². The first-order valence-corrected chi connectivity index (χ1v) is 8.26. The molecule has 1 unspecified atom stereocenters. The van der Waals surface area contributed by atoms with E-state index in [1.54, 1.807) is 12.1 Å². The molecule has 1 aromatic rings. The molecule has 0 spiro atoms. The van der Waals surface area contributed by atoms with E-state index in [1.807, 2.05) is 0 Å². The van der Waals surface area contributed by atoms with Crippen LogP contribution >= 0.6 is 11.3 Å². The van der Waals surface area contributed by atoms with Crippen molar-refractivity contribution in [1.82, 2.24) is 5.32 Å². The molecule has 1 aromatic heterocycles. The Morgan fingerprint density at radius 3 is 2.83 bits per heavy atom. The second kappa shape index (κ2) is 5.38. The summed E-state index contributed by atoms with van der Waals surface area (Å²) in [5.41, 5.74) is 0. The zero-order chi connectivity index (χ0) is 13.2. The van der Waals surface area contributed by atoms with Crippen molar-refractivity contribution in [2.24, 2.45) is 0 Å². The third kappa shape index (κ3) is 3.09. The molecule has 2 rings (SSSR count). The zero-order valence-electron chi connectivity index (χ0n) is 9.76. The smallest absolute Gasteiger partial charge is 0.345 e. The van der Waals surface area contributed by atoms with Gasteiger partial charge in [-0.3, -0.25) is 0 Å². The molecule has 0 amide bonds. The number of carbonyl (C=O) groups is 1. The minimum absolute atomic E-state index is 0.281. The van der Waals surface area contributed by atoms with Gasteiger partial charge in [0.2, 0.25) is 0 Å². The van der Waals surface area contributed by atoms with E-state index in [1.165, 1.54) is 11.3 Å². The summed E-state index contributed by atoms with van der Waals surface area (Å²) < 4.78 is 23.2. The molecule has 1 aliphatic heterocycles. The van der Waals surface area contributed by atoms with E-state index in [2.05, 4.69) is 5.32 Å². The predicted molar refractivity (Wildman–Crippen MR) is 69.8 cm³/mol. The van der Waals surface area contributed by atoms with Crippen LogP contribution in [0.2, 0.25) is 0 Å². The number of rotatable bonds is 5. The summed E-state index contributed by atoms with van der Waals surface area (Å²) >= 11 is 1.21. The van der Waals surface area contributed by atoms with E-state index in [0.717, 1.165) is 17.7 Å². The molecule has 1 atom stereocenters. The fraction of sp³-hybridized carbons (Fsp3) is 0.545. The Hall–Kier alpha value is -0.920. The van der Waals surface area contributed by atoms with Gasteiger partial charge in [0.1, 0.15) is 4.88 Å². The molecule has 0 saturated carbocycles. The topological polar surface area (TPSA) is 83.5 Å². The van der Waals surface area contributed by atoms with Gasteiger partial charge in [-0.1, -0.05) is 0 Å². The molecule has 1 aliphatic rings. The van der Waals surface area contributed by atoms with Crippen LogP contribution in [-0.2, 0) is 16.4 Å². The van der Waals surface area contributed by atoms with Crippen molar-refractivity contribution >= 4 is 27.1 Å². The lowest BCUT2D eigenvalue weighted by Gasteiger charge is -2.09. The minimum Gasteiger partial charge on any atom is -0.477 e. The molecule has 18 heavy (non-hydrogen) atoms. The number of thiophene rings is 1. The lowest BCUT2D eigenvalue weighted by Crippen LogP contribution is -2.29. The van der Waals surface area contributed by atoms with Gasteiger partial charge in [-0.25, -0.2) is 13.2 Å². The van der Waals surface area contributed by atoms with Crippen LogP contribution < -0.4 is 5.32 Å². The summed E-state index contributed by atoms with van der Waals surface area (Å²) in [5, 5.41) is 11.6. The van der Waals surface area contributed by atoms with E-state index >= 15 is 0 Å². The first kappa shape index (κ1) is 13.5. The number of nitrogens with one attached hydrogen (secondary N) is 1. The van der Waals surface area contributed by atoms with Gasteiger partial charge in [0.25, 0.3) is 0 Å². The minimum atomic E-state index is -2.90. The Labute approximate surface area is 110 Å². The number of hydrogen-bond donors (Lipinski definition) is 2. The molecule has 2 N–H and O–H groups in total. The van der Waals surface area contributed by atoms with Gasteiger partial charge in [0, 0.05) is 18.0 Å². The first-order chi connectivity index (χ1) is 8.49. The third-order valence-electron chi connectivity index (χ3n) is 3.01. The van der Waals surface area contributed by atoms with Crippen molar-refractivity contribution in [3.05, 3.63) is 21.9 Å². The highest BCUT2D eigenvalue weighted by molar-refractivity contribution is 7.92. The maximum Gasteiger partial charge on any atom is 0.345 e. The van der Waals surface area contributed by atoms with E-state index in [4.69, 9.17) is 5.11 Å². The number of sulfone groups is 1. The Bertz CT molecular complexity index is 535. The Morgan fingerprint density at radius 2 is 2.28 bits per heavy atom. The number of carboxylic acids is 1. The number of hydrogen-bond acceptors (Lipinski definition) is 5. The van der Waals surface area contributed by atoms with E-state index in [-0.39, 0.29) is 5.25 Å². The SMILES string of the molecule is O=C(O)c1ccc(CNCC2CCCS2(=O)=O)s1. The lowest BCUT2D eigenvalue weighted by atomic mass is 10.2. The standard InChI is InChI=1S/C11H15NO4S2/c13-11(14)10-4-3-8(17-10)6-12-7-9-2-1-5-18(9,15)16/h3-4,9,12H,1-2,5-7H2,(H,13,14). The van der Waals surface area contributed by atoms with Gasteiger partial charge < -0.3 is 10.4 Å². The quantitative estimate of drug-likeness (QED) is 0.848. The average Bonchev–Trinajstić information content (AvgIpc) is 2.86. The summed E-state index contributed by atoms with van der Waals surface area (Å²) in [6.07, 6.45) is 1.47. The van der Waals surface area contributed by atoms with Crippen LogP contribution in [-0.4, -0.2) is 37.0 Å². The van der Waals surface area contributed by atoms with E-state index < -0.39 is 15.8 Å². The maximum atomic E-state index is 11.6. The van der Waals surface area contributed by atoms with Crippen LogP contribution in [0, 0.1) is 0 Å². The van der Waals surface area contributed by atoms with Gasteiger partial charge >= 0.3 is 5.97 Å². The van der Waals surface area contributed by atoms with Gasteiger partial charge in [0.05, 0.1) is 11.0 Å². The van der Waals surface area contributed by atoms with Crippen LogP contribution in [0.1, 0.15) is 27.4 Å². The van der Waals surface area contributed by atoms with Gasteiger partial charge in [0.15, 0.2) is 9.84 Å². The maximum absolute atomic E-state index is 11.6. The summed E-state index contributed by atoms with van der Waals surface area (Å²) in [6.45, 7) is 0.965. The molecule has 0 bridgehead atoms. The molecular formula is C11H15NO4S2. The zero-order valence-corrected chi connectivity index (χ0v) is 11.4. The van der Waals surface area contributed by atoms with Crippen LogP contribution in [0.4, 0.5) is 0 Å². The van der Waals surface area contributed by atoms with Crippen molar-refractivity contribution in [3.63, 3.8) is 0 Å². The molecule has 1 fully saturated rings. The highest BCUT2D eigenvalue weighted by Gasteiger charge is 2.30. The Kier molecular flexibility index (Phi) is 4.04. The molecule has 2 heterocycles. The summed E-state index contributed by atoms with van der Waals surface area (Å²) in [6, 6.07) is 3.32. The summed E-state index contributed by atoms with van der Waals surface area (Å²) in [5.74, 6) is -0.633. The summed E-state index contributed by atoms with van der Waals surface area (Å²) in [4.78, 5) is 11.9. The van der Waals surface area contributed by atoms with Crippen molar-refractivity contribution in [3.8, 4) is 0 Å². The predicted octanol–water partition coefficient (Wildman–Crippen LogP) is 1.11. The normalized spacial score (nSPS) is 22.1. The molecule has 1 saturated heterocycles. The monoisotopic (exact) mass is 289 g/mol. The molecule has 0 aromatic carbocycles. The van der Waals surface area contributed by atoms with Crippen molar-refractivity contribution in [2.45, 2.75) is 24.6 Å². The van der Waals surface area contributed by atoms with Crippen molar-refractivity contribution < 1.29 is 18.3 Å².